The van der Waals surface area contributed by atoms with Gasteiger partial charge in [-0.1, -0.05) is 19.8 Å². The Labute approximate surface area is 120 Å². The first-order chi connectivity index (χ1) is 9.35. The highest BCUT2D eigenvalue weighted by atomic mass is 35.5. The Balaban J connectivity index is 2.11. The molecule has 0 spiro atoms. The summed E-state index contributed by atoms with van der Waals surface area (Å²) in [6.45, 7) is 3.57. The number of rotatable bonds is 7. The first-order valence-corrected chi connectivity index (χ1v) is 7.66. The summed E-state index contributed by atoms with van der Waals surface area (Å²) in [5.41, 5.74) is 0. The summed E-state index contributed by atoms with van der Waals surface area (Å²) in [6, 6.07) is 0.550. The van der Waals surface area contributed by atoms with Crippen LogP contribution in [0.25, 0.3) is 0 Å². The first kappa shape index (κ1) is 14.4. The van der Waals surface area contributed by atoms with Crippen LogP contribution in [-0.2, 0) is 0 Å². The zero-order valence-corrected chi connectivity index (χ0v) is 12.3. The van der Waals surface area contributed by atoms with Crippen molar-refractivity contribution in [2.45, 2.75) is 45.1 Å². The lowest BCUT2D eigenvalue weighted by Gasteiger charge is -2.29. The molecule has 0 aromatic carbocycles. The van der Waals surface area contributed by atoms with Gasteiger partial charge in [-0.25, -0.2) is 0 Å². The van der Waals surface area contributed by atoms with E-state index in [2.05, 4.69) is 21.8 Å². The lowest BCUT2D eigenvalue weighted by atomic mass is 10.2. The number of nitrogens with zero attached hydrogens (tertiary/aromatic N) is 3. The fourth-order valence-electron chi connectivity index (χ4n) is 2.54. The van der Waals surface area contributed by atoms with E-state index >= 15 is 0 Å². The molecule has 0 N–H and O–H groups in total. The minimum Gasteiger partial charge on any atom is -0.477 e. The Bertz CT molecular complexity index is 383. The van der Waals surface area contributed by atoms with Crippen molar-refractivity contribution in [3.05, 3.63) is 12.4 Å². The van der Waals surface area contributed by atoms with Gasteiger partial charge in [0.2, 0.25) is 5.88 Å². The fraction of sp³-hybridized carbons (Fsp3) is 0.714. The molecule has 1 aromatic rings. The van der Waals surface area contributed by atoms with Gasteiger partial charge in [-0.05, 0) is 19.3 Å². The molecule has 19 heavy (non-hydrogen) atoms. The van der Waals surface area contributed by atoms with Crippen molar-refractivity contribution in [1.82, 2.24) is 9.97 Å². The van der Waals surface area contributed by atoms with E-state index in [0.717, 1.165) is 18.8 Å². The largest absolute Gasteiger partial charge is 0.477 e. The van der Waals surface area contributed by atoms with E-state index in [4.69, 9.17) is 16.3 Å². The second-order valence-corrected chi connectivity index (χ2v) is 5.26. The van der Waals surface area contributed by atoms with Crippen LogP contribution in [0.2, 0.25) is 0 Å². The first-order valence-electron chi connectivity index (χ1n) is 7.12. The molecule has 1 aromatic heterocycles. The lowest BCUT2D eigenvalue weighted by molar-refractivity contribution is 0.304. The van der Waals surface area contributed by atoms with E-state index in [1.54, 1.807) is 6.20 Å². The second-order valence-electron chi connectivity index (χ2n) is 4.88. The average molecular weight is 284 g/mol. The molecule has 0 bridgehead atoms. The third-order valence-electron chi connectivity index (χ3n) is 3.44. The number of aromatic nitrogens is 2. The van der Waals surface area contributed by atoms with E-state index in [1.807, 2.05) is 6.20 Å². The van der Waals surface area contributed by atoms with Gasteiger partial charge in [0.05, 0.1) is 19.0 Å². The predicted octanol–water partition coefficient (Wildman–Crippen LogP) is 3.25. The third-order valence-corrected chi connectivity index (χ3v) is 3.61. The van der Waals surface area contributed by atoms with Crippen LogP contribution < -0.4 is 9.64 Å². The van der Waals surface area contributed by atoms with Gasteiger partial charge in [0.1, 0.15) is 0 Å². The minimum absolute atomic E-state index is 0.550. The summed E-state index contributed by atoms with van der Waals surface area (Å²) < 4.78 is 5.55. The molecular formula is C14H22ClN3O. The van der Waals surface area contributed by atoms with Crippen LogP contribution in [0.1, 0.15) is 39.0 Å². The molecule has 0 saturated heterocycles. The van der Waals surface area contributed by atoms with Crippen LogP contribution in [0.5, 0.6) is 5.88 Å². The van der Waals surface area contributed by atoms with Gasteiger partial charge in [-0.15, -0.1) is 11.6 Å². The van der Waals surface area contributed by atoms with Crippen molar-refractivity contribution >= 4 is 17.4 Å². The Morgan fingerprint density at radius 2 is 2.16 bits per heavy atom. The molecule has 0 atom stereocenters. The summed E-state index contributed by atoms with van der Waals surface area (Å²) in [6.07, 6.45) is 9.49. The molecule has 0 unspecified atom stereocenters. The molecule has 1 heterocycles. The van der Waals surface area contributed by atoms with Crippen molar-refractivity contribution in [2.24, 2.45) is 0 Å². The molecule has 2 rings (SSSR count). The van der Waals surface area contributed by atoms with E-state index in [-0.39, 0.29) is 0 Å². The highest BCUT2D eigenvalue weighted by molar-refractivity contribution is 6.18. The van der Waals surface area contributed by atoms with Crippen molar-refractivity contribution < 1.29 is 4.74 Å². The second kappa shape index (κ2) is 7.53. The summed E-state index contributed by atoms with van der Waals surface area (Å²) in [4.78, 5) is 11.1. The summed E-state index contributed by atoms with van der Waals surface area (Å²) >= 11 is 5.93. The van der Waals surface area contributed by atoms with Crippen molar-refractivity contribution in [1.29, 1.82) is 0 Å². The van der Waals surface area contributed by atoms with E-state index in [9.17, 15) is 0 Å². The van der Waals surface area contributed by atoms with E-state index in [0.29, 0.717) is 24.4 Å². The zero-order chi connectivity index (χ0) is 13.5. The normalized spacial score (nSPS) is 15.7. The minimum atomic E-state index is 0.550. The predicted molar refractivity (Wildman–Crippen MR) is 78.1 cm³/mol. The number of ether oxygens (including phenoxy) is 1. The molecule has 4 nitrogen and oxygen atoms in total. The molecule has 0 radical (unpaired) electrons. The van der Waals surface area contributed by atoms with Crippen molar-refractivity contribution in [3.63, 3.8) is 0 Å². The number of halogens is 1. The Morgan fingerprint density at radius 1 is 1.37 bits per heavy atom. The van der Waals surface area contributed by atoms with Gasteiger partial charge in [0, 0.05) is 18.5 Å². The smallest absolute Gasteiger partial charge is 0.234 e. The molecule has 1 aliphatic rings. The Hall–Kier alpha value is -1.03. The highest BCUT2D eigenvalue weighted by Crippen LogP contribution is 2.27. The number of alkyl halides is 1. The number of hydrogen-bond acceptors (Lipinski definition) is 4. The monoisotopic (exact) mass is 283 g/mol. The molecule has 0 aliphatic heterocycles. The van der Waals surface area contributed by atoms with Gasteiger partial charge >= 0.3 is 0 Å². The molecule has 5 heteroatoms. The van der Waals surface area contributed by atoms with Crippen molar-refractivity contribution in [2.75, 3.05) is 23.9 Å². The third kappa shape index (κ3) is 3.96. The van der Waals surface area contributed by atoms with Crippen LogP contribution in [0.4, 0.5) is 5.82 Å². The molecular weight excluding hydrogens is 262 g/mol. The van der Waals surface area contributed by atoms with Crippen LogP contribution in [-0.4, -0.2) is 35.0 Å². The van der Waals surface area contributed by atoms with Crippen LogP contribution in [0.3, 0.4) is 0 Å². The lowest BCUT2D eigenvalue weighted by Crippen LogP contribution is -2.35. The van der Waals surface area contributed by atoms with Crippen LogP contribution in [0.15, 0.2) is 12.4 Å². The van der Waals surface area contributed by atoms with E-state index in [1.165, 1.54) is 25.7 Å². The van der Waals surface area contributed by atoms with E-state index < -0.39 is 0 Å². The molecule has 0 amide bonds. The van der Waals surface area contributed by atoms with Gasteiger partial charge in [-0.2, -0.15) is 4.98 Å². The zero-order valence-electron chi connectivity index (χ0n) is 11.5. The summed E-state index contributed by atoms with van der Waals surface area (Å²) in [5.74, 6) is 2.11. The maximum absolute atomic E-state index is 5.93. The molecule has 1 fully saturated rings. The maximum atomic E-state index is 5.93. The fourth-order valence-corrected chi connectivity index (χ4v) is 2.73. The molecule has 106 valence electrons. The van der Waals surface area contributed by atoms with Crippen LogP contribution >= 0.6 is 11.6 Å². The molecule has 1 saturated carbocycles. The standard InChI is InChI=1S/C14H22ClN3O/c1-2-9-19-14-11-16-10-13(17-14)18(8-7-15)12-5-3-4-6-12/h10-12H,2-9H2,1H3. The van der Waals surface area contributed by atoms with Crippen molar-refractivity contribution in [3.8, 4) is 5.88 Å². The summed E-state index contributed by atoms with van der Waals surface area (Å²) in [7, 11) is 0. The Morgan fingerprint density at radius 3 is 2.84 bits per heavy atom. The number of hydrogen-bond donors (Lipinski definition) is 0. The van der Waals surface area contributed by atoms with Gasteiger partial charge in [-0.3, -0.25) is 4.98 Å². The quantitative estimate of drug-likeness (QED) is 0.720. The van der Waals surface area contributed by atoms with Gasteiger partial charge < -0.3 is 9.64 Å². The van der Waals surface area contributed by atoms with Gasteiger partial charge in [0.15, 0.2) is 5.82 Å². The number of anilines is 1. The average Bonchev–Trinajstić information content (AvgIpc) is 2.96. The van der Waals surface area contributed by atoms with Crippen LogP contribution in [0, 0.1) is 0 Å². The highest BCUT2D eigenvalue weighted by Gasteiger charge is 2.23. The summed E-state index contributed by atoms with van der Waals surface area (Å²) in [5, 5.41) is 0. The topological polar surface area (TPSA) is 38.2 Å². The van der Waals surface area contributed by atoms with Gasteiger partial charge in [0.25, 0.3) is 0 Å². The SMILES string of the molecule is CCCOc1cncc(N(CCCl)C2CCCC2)n1. The molecule has 1 aliphatic carbocycles. The Kier molecular flexibility index (Phi) is 5.70. The maximum Gasteiger partial charge on any atom is 0.234 e.